The van der Waals surface area contributed by atoms with Gasteiger partial charge in [0.1, 0.15) is 0 Å². The summed E-state index contributed by atoms with van der Waals surface area (Å²) in [4.78, 5) is 26.5. The lowest BCUT2D eigenvalue weighted by Gasteiger charge is -2.33. The Balaban J connectivity index is 1.99. The van der Waals surface area contributed by atoms with Gasteiger partial charge in [-0.15, -0.1) is 11.3 Å². The number of Topliss-reactive ketones (excluding diaryl/α,β-unsaturated/α-hetero) is 1. The Hall–Kier alpha value is -2.40. The van der Waals surface area contributed by atoms with Crippen LogP contribution in [0.25, 0.3) is 10.1 Å². The van der Waals surface area contributed by atoms with Gasteiger partial charge in [-0.3, -0.25) is 4.79 Å². The van der Waals surface area contributed by atoms with E-state index in [2.05, 4.69) is 24.4 Å². The fourth-order valence-electron chi connectivity index (χ4n) is 4.09. The van der Waals surface area contributed by atoms with Gasteiger partial charge < -0.3 is 10.1 Å². The number of nitrogens with one attached hydrogen (secondary N) is 1. The number of rotatable bonds is 2. The molecule has 2 heterocycles. The van der Waals surface area contributed by atoms with Crippen molar-refractivity contribution in [3.63, 3.8) is 0 Å². The Labute approximate surface area is 156 Å². The van der Waals surface area contributed by atoms with E-state index >= 15 is 0 Å². The number of carbonyl (C=O) groups is 2. The Morgan fingerprint density at radius 3 is 2.73 bits per heavy atom. The molecule has 1 atom stereocenters. The summed E-state index contributed by atoms with van der Waals surface area (Å²) in [5, 5.41) is 4.49. The molecule has 1 aromatic carbocycles. The average Bonchev–Trinajstić information content (AvgIpc) is 2.97. The fraction of sp³-hybridized carbons (Fsp3) is 0.333. The summed E-state index contributed by atoms with van der Waals surface area (Å²) in [7, 11) is 1.39. The molecule has 2 aromatic rings. The van der Waals surface area contributed by atoms with Crippen LogP contribution in [0.2, 0.25) is 0 Å². The maximum atomic E-state index is 12.8. The molecule has 26 heavy (non-hydrogen) atoms. The van der Waals surface area contributed by atoms with Gasteiger partial charge in [-0.25, -0.2) is 4.79 Å². The maximum Gasteiger partial charge on any atom is 0.336 e. The number of hydrogen-bond acceptors (Lipinski definition) is 5. The van der Waals surface area contributed by atoms with Crippen LogP contribution in [0, 0.1) is 6.92 Å². The van der Waals surface area contributed by atoms with Gasteiger partial charge in [0.05, 0.1) is 18.6 Å². The van der Waals surface area contributed by atoms with E-state index in [4.69, 9.17) is 4.74 Å². The number of ketones is 1. The van der Waals surface area contributed by atoms with E-state index in [0.29, 0.717) is 12.0 Å². The molecule has 1 N–H and O–H groups in total. The topological polar surface area (TPSA) is 55.4 Å². The van der Waals surface area contributed by atoms with Gasteiger partial charge >= 0.3 is 5.97 Å². The zero-order chi connectivity index (χ0) is 18.4. The summed E-state index contributed by atoms with van der Waals surface area (Å²) in [6, 6.07) is 8.22. The molecule has 1 aliphatic heterocycles. The van der Waals surface area contributed by atoms with Crippen LogP contribution in [0.15, 0.2) is 46.8 Å². The highest BCUT2D eigenvalue weighted by atomic mass is 32.1. The molecule has 0 saturated carbocycles. The summed E-state index contributed by atoms with van der Waals surface area (Å²) in [5.74, 6) is -0.583. The zero-order valence-electron chi connectivity index (χ0n) is 15.1. The van der Waals surface area contributed by atoms with Gasteiger partial charge in [-0.1, -0.05) is 18.2 Å². The largest absolute Gasteiger partial charge is 0.466 e. The number of aryl methyl sites for hydroxylation is 1. The first-order valence-corrected chi connectivity index (χ1v) is 9.65. The molecule has 1 aliphatic carbocycles. The van der Waals surface area contributed by atoms with E-state index in [1.807, 2.05) is 19.1 Å². The predicted octanol–water partition coefficient (Wildman–Crippen LogP) is 4.35. The maximum absolute atomic E-state index is 12.8. The molecule has 1 aromatic heterocycles. The Bertz CT molecular complexity index is 996. The standard InChI is InChI=1S/C21H21NO3S/c1-11-13-7-4-5-10-16(13)26-20(11)19-17(21(24)25-3)12(2)22-14-8-6-9-15(23)18(14)19/h4-5,7,10,19,22H,6,8-9H2,1-3H3/t19-/m1/s1. The zero-order valence-corrected chi connectivity index (χ0v) is 16.0. The third-order valence-corrected chi connectivity index (χ3v) is 6.66. The van der Waals surface area contributed by atoms with Crippen LogP contribution in [-0.4, -0.2) is 18.9 Å². The van der Waals surface area contributed by atoms with Crippen molar-refractivity contribution in [3.05, 3.63) is 57.2 Å². The molecule has 0 radical (unpaired) electrons. The number of methoxy groups -OCH3 is 1. The minimum absolute atomic E-state index is 0.134. The first kappa shape index (κ1) is 17.0. The van der Waals surface area contributed by atoms with E-state index in [9.17, 15) is 9.59 Å². The minimum atomic E-state index is -0.373. The van der Waals surface area contributed by atoms with Crippen LogP contribution in [0.5, 0.6) is 0 Å². The van der Waals surface area contributed by atoms with Crippen molar-refractivity contribution in [1.82, 2.24) is 5.32 Å². The number of carbonyl (C=O) groups excluding carboxylic acids is 2. The van der Waals surface area contributed by atoms with Crippen molar-refractivity contribution >= 4 is 33.2 Å². The molecule has 4 rings (SSSR count). The molecular weight excluding hydrogens is 346 g/mol. The Kier molecular flexibility index (Phi) is 4.19. The molecule has 134 valence electrons. The van der Waals surface area contributed by atoms with Crippen molar-refractivity contribution < 1.29 is 14.3 Å². The summed E-state index contributed by atoms with van der Waals surface area (Å²) in [5.41, 5.74) is 4.19. The smallest absolute Gasteiger partial charge is 0.336 e. The molecule has 2 aliphatic rings. The summed E-state index contributed by atoms with van der Waals surface area (Å²) >= 11 is 1.67. The van der Waals surface area contributed by atoms with Crippen LogP contribution < -0.4 is 5.32 Å². The van der Waals surface area contributed by atoms with Gasteiger partial charge in [0.15, 0.2) is 5.78 Å². The van der Waals surface area contributed by atoms with E-state index in [-0.39, 0.29) is 17.7 Å². The van der Waals surface area contributed by atoms with Gasteiger partial charge in [0.2, 0.25) is 0 Å². The normalized spacial score (nSPS) is 20.3. The van der Waals surface area contributed by atoms with Crippen molar-refractivity contribution in [2.75, 3.05) is 7.11 Å². The van der Waals surface area contributed by atoms with Crippen molar-refractivity contribution in [2.45, 2.75) is 39.0 Å². The first-order chi connectivity index (χ1) is 12.5. The lowest BCUT2D eigenvalue weighted by atomic mass is 9.77. The lowest BCUT2D eigenvalue weighted by Crippen LogP contribution is -2.34. The van der Waals surface area contributed by atoms with E-state index in [0.717, 1.165) is 40.2 Å². The second-order valence-corrected chi connectivity index (χ2v) is 7.93. The van der Waals surface area contributed by atoms with Gasteiger partial charge in [0.25, 0.3) is 0 Å². The summed E-state index contributed by atoms with van der Waals surface area (Å²) < 4.78 is 6.25. The molecule has 0 saturated heterocycles. The number of fused-ring (bicyclic) bond motifs is 1. The summed E-state index contributed by atoms with van der Waals surface area (Å²) in [6.07, 6.45) is 2.23. The second kappa shape index (κ2) is 6.40. The van der Waals surface area contributed by atoms with E-state index in [1.54, 1.807) is 11.3 Å². The number of esters is 1. The lowest BCUT2D eigenvalue weighted by molar-refractivity contribution is -0.136. The third kappa shape index (κ3) is 2.50. The monoisotopic (exact) mass is 367 g/mol. The number of thiophene rings is 1. The fourth-order valence-corrected chi connectivity index (χ4v) is 5.43. The second-order valence-electron chi connectivity index (χ2n) is 6.84. The Morgan fingerprint density at radius 2 is 2.00 bits per heavy atom. The van der Waals surface area contributed by atoms with Gasteiger partial charge in [-0.05, 0) is 43.7 Å². The summed E-state index contributed by atoms with van der Waals surface area (Å²) in [6.45, 7) is 3.97. The highest BCUT2D eigenvalue weighted by molar-refractivity contribution is 7.19. The van der Waals surface area contributed by atoms with Crippen molar-refractivity contribution in [1.29, 1.82) is 0 Å². The molecule has 0 bridgehead atoms. The molecule has 0 unspecified atom stereocenters. The number of dihydropyridines is 1. The molecule has 4 nitrogen and oxygen atoms in total. The SMILES string of the molecule is COC(=O)C1=C(C)NC2=C(C(=O)CCC2)[C@@H]1c1sc2ccccc2c1C. The van der Waals surface area contributed by atoms with Crippen molar-refractivity contribution in [2.24, 2.45) is 0 Å². The molecule has 0 spiro atoms. The van der Waals surface area contributed by atoms with E-state index < -0.39 is 0 Å². The average molecular weight is 367 g/mol. The van der Waals surface area contributed by atoms with Crippen molar-refractivity contribution in [3.8, 4) is 0 Å². The number of hydrogen-bond donors (Lipinski definition) is 1. The number of ether oxygens (including phenoxy) is 1. The number of allylic oxidation sites excluding steroid dienone is 3. The quantitative estimate of drug-likeness (QED) is 0.802. The molecular formula is C21H21NO3S. The van der Waals surface area contributed by atoms with Crippen LogP contribution in [0.4, 0.5) is 0 Å². The van der Waals surface area contributed by atoms with Gasteiger partial charge in [-0.2, -0.15) is 0 Å². The third-order valence-electron chi connectivity index (χ3n) is 5.32. The van der Waals surface area contributed by atoms with Crippen LogP contribution >= 0.6 is 11.3 Å². The predicted molar refractivity (Wildman–Crippen MR) is 103 cm³/mol. The number of benzene rings is 1. The minimum Gasteiger partial charge on any atom is -0.466 e. The molecule has 0 amide bonds. The van der Waals surface area contributed by atoms with Crippen LogP contribution in [-0.2, 0) is 14.3 Å². The highest BCUT2D eigenvalue weighted by Crippen LogP contribution is 2.47. The van der Waals surface area contributed by atoms with E-state index in [1.165, 1.54) is 17.2 Å². The molecule has 5 heteroatoms. The first-order valence-electron chi connectivity index (χ1n) is 8.83. The Morgan fingerprint density at radius 1 is 1.23 bits per heavy atom. The van der Waals surface area contributed by atoms with Crippen LogP contribution in [0.3, 0.4) is 0 Å². The molecule has 0 fully saturated rings. The van der Waals surface area contributed by atoms with Gasteiger partial charge in [0, 0.05) is 33.0 Å². The highest BCUT2D eigenvalue weighted by Gasteiger charge is 2.40. The van der Waals surface area contributed by atoms with Crippen LogP contribution in [0.1, 0.15) is 42.5 Å².